The highest BCUT2D eigenvalue weighted by molar-refractivity contribution is 7.80. The number of ether oxygens (including phenoxy) is 1. The van der Waals surface area contributed by atoms with Crippen LogP contribution >= 0.6 is 12.2 Å². The summed E-state index contributed by atoms with van der Waals surface area (Å²) in [4.78, 5) is 24.4. The molecule has 0 aromatic rings. The number of rotatable bonds is 6. The molecule has 3 N–H and O–H groups in total. The average Bonchev–Trinajstić information content (AvgIpc) is 2.31. The number of nitrogens with two attached hydrogens (primary N) is 1. The first kappa shape index (κ1) is 16.9. The fraction of sp³-hybridized carbons (Fsp3) is 0.786. The minimum absolute atomic E-state index is 0.210. The lowest BCUT2D eigenvalue weighted by Gasteiger charge is -2.44. The number of nitrogens with one attached hydrogen (secondary N) is 1. The third kappa shape index (κ3) is 3.48. The van der Waals surface area contributed by atoms with E-state index in [1.54, 1.807) is 0 Å². The number of amides is 1. The van der Waals surface area contributed by atoms with Crippen molar-refractivity contribution in [1.29, 1.82) is 0 Å². The lowest BCUT2D eigenvalue weighted by Crippen LogP contribution is -2.58. The van der Waals surface area contributed by atoms with Gasteiger partial charge in [-0.25, -0.2) is 4.79 Å². The van der Waals surface area contributed by atoms with Crippen LogP contribution in [0.25, 0.3) is 0 Å². The minimum Gasteiger partial charge on any atom is -0.467 e. The van der Waals surface area contributed by atoms with Crippen molar-refractivity contribution >= 4 is 29.1 Å². The third-order valence-electron chi connectivity index (χ3n) is 3.80. The van der Waals surface area contributed by atoms with Gasteiger partial charge in [0.2, 0.25) is 5.91 Å². The van der Waals surface area contributed by atoms with E-state index in [4.69, 9.17) is 22.7 Å². The molecular formula is C14H24N2O3S. The molecule has 6 heteroatoms. The molecule has 1 aliphatic carbocycles. The summed E-state index contributed by atoms with van der Waals surface area (Å²) in [7, 11) is 1.32. The molecular weight excluding hydrogens is 276 g/mol. The van der Waals surface area contributed by atoms with E-state index >= 15 is 0 Å². The number of hydrogen-bond donors (Lipinski definition) is 2. The maximum atomic E-state index is 12.5. The molecule has 1 unspecified atom stereocenters. The van der Waals surface area contributed by atoms with Crippen LogP contribution in [0, 0.1) is 17.3 Å². The Labute approximate surface area is 125 Å². The Balaban J connectivity index is 2.79. The lowest BCUT2D eigenvalue weighted by atomic mass is 9.62. The molecule has 1 saturated carbocycles. The normalized spacial score (nSPS) is 26.6. The maximum Gasteiger partial charge on any atom is 0.328 e. The number of methoxy groups -OCH3 is 1. The van der Waals surface area contributed by atoms with E-state index in [2.05, 4.69) is 12.2 Å². The first-order valence-corrected chi connectivity index (χ1v) is 7.32. The Morgan fingerprint density at radius 3 is 2.35 bits per heavy atom. The summed E-state index contributed by atoms with van der Waals surface area (Å²) in [5.41, 5.74) is 4.94. The van der Waals surface area contributed by atoms with E-state index in [1.807, 2.05) is 13.8 Å². The molecule has 1 aliphatic rings. The Morgan fingerprint density at radius 1 is 1.45 bits per heavy atom. The predicted octanol–water partition coefficient (Wildman–Crippen LogP) is 1.39. The van der Waals surface area contributed by atoms with Gasteiger partial charge in [-0.1, -0.05) is 33.0 Å². The van der Waals surface area contributed by atoms with Crippen LogP contribution in [0.5, 0.6) is 0 Å². The van der Waals surface area contributed by atoms with Gasteiger partial charge in [0.15, 0.2) is 0 Å². The Bertz CT molecular complexity index is 403. The van der Waals surface area contributed by atoms with Crippen LogP contribution in [0.3, 0.4) is 0 Å². The molecule has 1 amide bonds. The van der Waals surface area contributed by atoms with Crippen molar-refractivity contribution in [1.82, 2.24) is 5.32 Å². The summed E-state index contributed by atoms with van der Waals surface area (Å²) in [5.74, 6) is 0.000999. The van der Waals surface area contributed by atoms with Gasteiger partial charge in [0.1, 0.15) is 6.04 Å². The zero-order valence-electron chi connectivity index (χ0n) is 12.6. The maximum absolute atomic E-state index is 12.5. The Morgan fingerprint density at radius 2 is 2.00 bits per heavy atom. The standard InChI is InChI=1S/C14H24N2O3S/c1-8(2)5-10(11(17)19-4)16-13(18)14(12(15)20)6-9(3)7-14/h8-10H,5-7H2,1-4H3,(H2,15,20)(H,16,18). The summed E-state index contributed by atoms with van der Waals surface area (Å²) in [5, 5.41) is 2.76. The smallest absolute Gasteiger partial charge is 0.328 e. The molecule has 0 spiro atoms. The third-order valence-corrected chi connectivity index (χ3v) is 4.19. The summed E-state index contributed by atoms with van der Waals surface area (Å²) in [6.07, 6.45) is 1.81. The zero-order chi connectivity index (χ0) is 15.5. The SMILES string of the molecule is COC(=O)C(CC(C)C)NC(=O)C1(C(N)=S)CC(C)C1. The van der Waals surface area contributed by atoms with Gasteiger partial charge in [-0.3, -0.25) is 4.79 Å². The van der Waals surface area contributed by atoms with Crippen LogP contribution in [0.2, 0.25) is 0 Å². The lowest BCUT2D eigenvalue weighted by molar-refractivity contribution is -0.147. The van der Waals surface area contributed by atoms with Gasteiger partial charge in [0.05, 0.1) is 17.5 Å². The molecule has 0 aromatic heterocycles. The first-order chi connectivity index (χ1) is 9.22. The highest BCUT2D eigenvalue weighted by Gasteiger charge is 2.51. The van der Waals surface area contributed by atoms with Crippen molar-refractivity contribution in [2.45, 2.75) is 46.1 Å². The number of esters is 1. The number of carbonyl (C=O) groups excluding carboxylic acids is 2. The van der Waals surface area contributed by atoms with Gasteiger partial charge in [0, 0.05) is 0 Å². The van der Waals surface area contributed by atoms with E-state index in [1.165, 1.54) is 7.11 Å². The molecule has 1 fully saturated rings. The molecule has 0 aromatic carbocycles. The van der Waals surface area contributed by atoms with Crippen molar-refractivity contribution in [3.8, 4) is 0 Å². The molecule has 0 radical (unpaired) electrons. The number of hydrogen-bond acceptors (Lipinski definition) is 4. The van der Waals surface area contributed by atoms with Gasteiger partial charge in [0.25, 0.3) is 0 Å². The molecule has 20 heavy (non-hydrogen) atoms. The molecule has 0 bridgehead atoms. The highest BCUT2D eigenvalue weighted by Crippen LogP contribution is 2.46. The molecule has 1 rings (SSSR count). The van der Waals surface area contributed by atoms with E-state index in [9.17, 15) is 9.59 Å². The van der Waals surface area contributed by atoms with Crippen LogP contribution in [0.15, 0.2) is 0 Å². The second-order valence-electron chi connectivity index (χ2n) is 6.14. The van der Waals surface area contributed by atoms with E-state index in [0.29, 0.717) is 25.2 Å². The molecule has 5 nitrogen and oxygen atoms in total. The Kier molecular flexibility index (Phi) is 5.50. The molecule has 1 atom stereocenters. The quantitative estimate of drug-likeness (QED) is 0.572. The van der Waals surface area contributed by atoms with E-state index in [-0.39, 0.29) is 16.8 Å². The largest absolute Gasteiger partial charge is 0.467 e. The van der Waals surface area contributed by atoms with Crippen LogP contribution in [-0.4, -0.2) is 30.0 Å². The van der Waals surface area contributed by atoms with Gasteiger partial charge in [-0.15, -0.1) is 0 Å². The van der Waals surface area contributed by atoms with Crippen molar-refractivity contribution in [3.05, 3.63) is 0 Å². The van der Waals surface area contributed by atoms with Crippen molar-refractivity contribution < 1.29 is 14.3 Å². The first-order valence-electron chi connectivity index (χ1n) is 6.91. The zero-order valence-corrected chi connectivity index (χ0v) is 13.4. The van der Waals surface area contributed by atoms with Crippen LogP contribution in [0.4, 0.5) is 0 Å². The second-order valence-corrected chi connectivity index (χ2v) is 6.58. The summed E-state index contributed by atoms with van der Waals surface area (Å²) in [6.45, 7) is 6.02. The van der Waals surface area contributed by atoms with Gasteiger partial charge in [-0.2, -0.15) is 0 Å². The topological polar surface area (TPSA) is 81.4 Å². The molecule has 114 valence electrons. The van der Waals surface area contributed by atoms with Crippen molar-refractivity contribution in [2.24, 2.45) is 23.0 Å². The molecule has 0 heterocycles. The predicted molar refractivity (Wildman–Crippen MR) is 81.0 cm³/mol. The fourth-order valence-electron chi connectivity index (χ4n) is 2.75. The average molecular weight is 300 g/mol. The van der Waals surface area contributed by atoms with Crippen LogP contribution in [-0.2, 0) is 14.3 Å². The number of carbonyl (C=O) groups is 2. The van der Waals surface area contributed by atoms with Crippen LogP contribution < -0.4 is 11.1 Å². The fourth-order valence-corrected chi connectivity index (χ4v) is 3.01. The number of thiocarbonyl (C=S) groups is 1. The molecule has 0 aliphatic heterocycles. The monoisotopic (exact) mass is 300 g/mol. The van der Waals surface area contributed by atoms with Crippen molar-refractivity contribution in [2.75, 3.05) is 7.11 Å². The van der Waals surface area contributed by atoms with Crippen molar-refractivity contribution in [3.63, 3.8) is 0 Å². The van der Waals surface area contributed by atoms with E-state index in [0.717, 1.165) is 0 Å². The second kappa shape index (κ2) is 6.52. The summed E-state index contributed by atoms with van der Waals surface area (Å²) in [6, 6.07) is -0.644. The Hall–Kier alpha value is -1.17. The summed E-state index contributed by atoms with van der Waals surface area (Å²) < 4.78 is 4.74. The molecule has 0 saturated heterocycles. The minimum atomic E-state index is -0.794. The van der Waals surface area contributed by atoms with Crippen LogP contribution in [0.1, 0.15) is 40.0 Å². The van der Waals surface area contributed by atoms with Gasteiger partial charge in [-0.05, 0) is 31.1 Å². The van der Waals surface area contributed by atoms with Gasteiger partial charge < -0.3 is 15.8 Å². The van der Waals surface area contributed by atoms with Gasteiger partial charge >= 0.3 is 5.97 Å². The highest BCUT2D eigenvalue weighted by atomic mass is 32.1. The van der Waals surface area contributed by atoms with E-state index < -0.39 is 17.4 Å². The summed E-state index contributed by atoms with van der Waals surface area (Å²) >= 11 is 5.05.